The molecule has 148 valence electrons. The zero-order valence-electron chi connectivity index (χ0n) is 15.4. The number of aryl methyl sites for hydroxylation is 1. The van der Waals surface area contributed by atoms with Gasteiger partial charge in [-0.3, -0.25) is 14.4 Å². The summed E-state index contributed by atoms with van der Waals surface area (Å²) in [6, 6.07) is 8.52. The second-order valence-electron chi connectivity index (χ2n) is 6.07. The molecule has 0 spiro atoms. The third-order valence-corrected chi connectivity index (χ3v) is 4.84. The van der Waals surface area contributed by atoms with Gasteiger partial charge in [-0.05, 0) is 38.1 Å². The number of thiophene rings is 1. The molecule has 2 amide bonds. The van der Waals surface area contributed by atoms with Crippen molar-refractivity contribution in [2.45, 2.75) is 20.0 Å². The average molecular weight is 404 g/mol. The van der Waals surface area contributed by atoms with Crippen LogP contribution in [-0.4, -0.2) is 43.6 Å². The molecule has 1 aromatic carbocycles. The Kier molecular flexibility index (Phi) is 6.15. The molecule has 0 unspecified atom stereocenters. The number of fused-ring (bicyclic) bond motifs is 1. The summed E-state index contributed by atoms with van der Waals surface area (Å²) in [4.78, 5) is 37.6. The number of carbonyl (C=O) groups is 3. The number of benzene rings is 1. The number of anilines is 1. The number of esters is 1. The van der Waals surface area contributed by atoms with Gasteiger partial charge in [0.1, 0.15) is 19.8 Å². The van der Waals surface area contributed by atoms with Crippen LogP contribution in [-0.2, 0) is 14.3 Å². The predicted octanol–water partition coefficient (Wildman–Crippen LogP) is 2.13. The lowest BCUT2D eigenvalue weighted by Crippen LogP contribution is -2.35. The van der Waals surface area contributed by atoms with E-state index >= 15 is 0 Å². The largest absolute Gasteiger partial charge is 0.486 e. The van der Waals surface area contributed by atoms with Crippen molar-refractivity contribution in [3.8, 4) is 11.5 Å². The molecule has 0 saturated heterocycles. The molecule has 1 aliphatic rings. The van der Waals surface area contributed by atoms with E-state index < -0.39 is 18.0 Å². The summed E-state index contributed by atoms with van der Waals surface area (Å²) in [6.07, 6.45) is -1.03. The summed E-state index contributed by atoms with van der Waals surface area (Å²) < 4.78 is 16.0. The number of rotatable bonds is 6. The molecule has 1 aromatic heterocycles. The van der Waals surface area contributed by atoms with Gasteiger partial charge in [-0.25, -0.2) is 0 Å². The summed E-state index contributed by atoms with van der Waals surface area (Å²) in [6.45, 7) is 3.94. The summed E-state index contributed by atoms with van der Waals surface area (Å²) in [5.41, 5.74) is 0.499. The first-order valence-corrected chi connectivity index (χ1v) is 9.48. The highest BCUT2D eigenvalue weighted by molar-refractivity contribution is 7.13. The van der Waals surface area contributed by atoms with Crippen LogP contribution in [0.5, 0.6) is 11.5 Å². The highest BCUT2D eigenvalue weighted by atomic mass is 32.1. The number of nitrogens with one attached hydrogen (secondary N) is 2. The molecule has 0 radical (unpaired) electrons. The smallest absolute Gasteiger partial charge is 0.326 e. The van der Waals surface area contributed by atoms with E-state index in [2.05, 4.69) is 10.6 Å². The number of amides is 2. The van der Waals surface area contributed by atoms with E-state index in [9.17, 15) is 14.4 Å². The molecule has 1 aliphatic heterocycles. The molecule has 2 N–H and O–H groups in total. The van der Waals surface area contributed by atoms with Gasteiger partial charge in [-0.1, -0.05) is 0 Å². The van der Waals surface area contributed by atoms with Crippen LogP contribution in [0, 0.1) is 6.92 Å². The highest BCUT2D eigenvalue weighted by Crippen LogP contribution is 2.32. The van der Waals surface area contributed by atoms with Crippen LogP contribution in [0.3, 0.4) is 0 Å². The number of carbonyl (C=O) groups excluding carboxylic acids is 3. The molecule has 2 aromatic rings. The maximum atomic E-state index is 12.2. The van der Waals surface area contributed by atoms with Crippen molar-refractivity contribution in [2.24, 2.45) is 0 Å². The van der Waals surface area contributed by atoms with Gasteiger partial charge in [-0.15, -0.1) is 11.3 Å². The SMILES string of the molecule is Cc1ccc(C(=O)NCC(=O)O[C@@H](C)C(=O)Nc2ccc3c(c2)OCCO3)s1. The first-order chi connectivity index (χ1) is 13.4. The van der Waals surface area contributed by atoms with Crippen LogP contribution in [0.15, 0.2) is 30.3 Å². The van der Waals surface area contributed by atoms with E-state index in [4.69, 9.17) is 14.2 Å². The highest BCUT2D eigenvalue weighted by Gasteiger charge is 2.20. The lowest BCUT2D eigenvalue weighted by molar-refractivity contribution is -0.152. The minimum Gasteiger partial charge on any atom is -0.486 e. The normalized spacial score (nSPS) is 13.4. The lowest BCUT2D eigenvalue weighted by atomic mass is 10.2. The predicted molar refractivity (Wildman–Crippen MR) is 103 cm³/mol. The topological polar surface area (TPSA) is 103 Å². The van der Waals surface area contributed by atoms with Crippen LogP contribution in [0.2, 0.25) is 0 Å². The molecule has 0 aliphatic carbocycles. The zero-order chi connectivity index (χ0) is 20.1. The molecular weight excluding hydrogens is 384 g/mol. The van der Waals surface area contributed by atoms with E-state index in [1.807, 2.05) is 13.0 Å². The number of hydrogen-bond acceptors (Lipinski definition) is 7. The van der Waals surface area contributed by atoms with Crippen molar-refractivity contribution in [2.75, 3.05) is 25.1 Å². The Morgan fingerprint density at radius 3 is 2.61 bits per heavy atom. The van der Waals surface area contributed by atoms with Crippen LogP contribution in [0.25, 0.3) is 0 Å². The standard InChI is InChI=1S/C19H20N2O6S/c1-11-3-6-16(28-11)19(24)20-10-17(22)27-12(2)18(23)21-13-4-5-14-15(9-13)26-8-7-25-14/h3-6,9,12H,7-8,10H2,1-2H3,(H,20,24)(H,21,23)/t12-/m0/s1. The van der Waals surface area contributed by atoms with Crippen LogP contribution in [0.1, 0.15) is 21.5 Å². The Labute approximate surface area is 165 Å². The van der Waals surface area contributed by atoms with Gasteiger partial charge in [0.15, 0.2) is 17.6 Å². The second-order valence-corrected chi connectivity index (χ2v) is 7.36. The Morgan fingerprint density at radius 1 is 1.14 bits per heavy atom. The van der Waals surface area contributed by atoms with Crippen molar-refractivity contribution in [1.29, 1.82) is 0 Å². The monoisotopic (exact) mass is 404 g/mol. The number of hydrogen-bond donors (Lipinski definition) is 2. The van der Waals surface area contributed by atoms with Crippen LogP contribution in [0.4, 0.5) is 5.69 Å². The third-order valence-electron chi connectivity index (χ3n) is 3.84. The molecule has 0 bridgehead atoms. The molecule has 1 atom stereocenters. The summed E-state index contributed by atoms with van der Waals surface area (Å²) in [5.74, 6) is -0.402. The van der Waals surface area contributed by atoms with Crippen LogP contribution < -0.4 is 20.1 Å². The second kappa shape index (κ2) is 8.75. The first-order valence-electron chi connectivity index (χ1n) is 8.67. The molecule has 0 saturated carbocycles. The van der Waals surface area contributed by atoms with Crippen molar-refractivity contribution in [3.63, 3.8) is 0 Å². The van der Waals surface area contributed by atoms with Gasteiger partial charge in [0.25, 0.3) is 11.8 Å². The van der Waals surface area contributed by atoms with E-state index in [0.717, 1.165) is 4.88 Å². The van der Waals surface area contributed by atoms with Gasteiger partial charge < -0.3 is 24.8 Å². The summed E-state index contributed by atoms with van der Waals surface area (Å²) in [7, 11) is 0. The minimum absolute atomic E-state index is 0.322. The molecule has 2 heterocycles. The molecule has 28 heavy (non-hydrogen) atoms. The Bertz CT molecular complexity index is 894. The molecule has 3 rings (SSSR count). The van der Waals surface area contributed by atoms with E-state index in [1.54, 1.807) is 24.3 Å². The zero-order valence-corrected chi connectivity index (χ0v) is 16.3. The Morgan fingerprint density at radius 2 is 1.89 bits per heavy atom. The lowest BCUT2D eigenvalue weighted by Gasteiger charge is -2.19. The Balaban J connectivity index is 1.47. The van der Waals surface area contributed by atoms with Crippen LogP contribution >= 0.6 is 11.3 Å². The van der Waals surface area contributed by atoms with Gasteiger partial charge in [0.05, 0.1) is 4.88 Å². The van der Waals surface area contributed by atoms with Crippen molar-refractivity contribution in [1.82, 2.24) is 5.32 Å². The van der Waals surface area contributed by atoms with Crippen molar-refractivity contribution < 1.29 is 28.6 Å². The molecule has 0 fully saturated rings. The van der Waals surface area contributed by atoms with E-state index in [1.165, 1.54) is 18.3 Å². The minimum atomic E-state index is -1.03. The summed E-state index contributed by atoms with van der Waals surface area (Å²) >= 11 is 1.33. The average Bonchev–Trinajstić information content (AvgIpc) is 3.12. The van der Waals surface area contributed by atoms with Gasteiger partial charge in [-0.2, -0.15) is 0 Å². The molecule has 8 nitrogen and oxygen atoms in total. The quantitative estimate of drug-likeness (QED) is 0.715. The maximum Gasteiger partial charge on any atom is 0.326 e. The maximum absolute atomic E-state index is 12.2. The fraction of sp³-hybridized carbons (Fsp3) is 0.316. The summed E-state index contributed by atoms with van der Waals surface area (Å²) in [5, 5.41) is 5.13. The van der Waals surface area contributed by atoms with Gasteiger partial charge in [0, 0.05) is 16.6 Å². The van der Waals surface area contributed by atoms with Crippen molar-refractivity contribution >= 4 is 34.8 Å². The van der Waals surface area contributed by atoms with E-state index in [-0.39, 0.29) is 12.5 Å². The first kappa shape index (κ1) is 19.7. The van der Waals surface area contributed by atoms with Crippen molar-refractivity contribution in [3.05, 3.63) is 40.1 Å². The van der Waals surface area contributed by atoms with Gasteiger partial charge >= 0.3 is 5.97 Å². The third kappa shape index (κ3) is 5.01. The fourth-order valence-electron chi connectivity index (χ4n) is 2.45. The molecular formula is C19H20N2O6S. The Hall–Kier alpha value is -3.07. The molecule has 9 heteroatoms. The number of ether oxygens (including phenoxy) is 3. The van der Waals surface area contributed by atoms with Gasteiger partial charge in [0.2, 0.25) is 0 Å². The van der Waals surface area contributed by atoms with E-state index in [0.29, 0.717) is 35.3 Å². The fourth-order valence-corrected chi connectivity index (χ4v) is 3.24.